The molecule has 1 heterocycles. The van der Waals surface area contributed by atoms with E-state index in [9.17, 15) is 0 Å². The number of ether oxygens (including phenoxy) is 1. The highest BCUT2D eigenvalue weighted by molar-refractivity contribution is 6.45. The fraction of sp³-hybridized carbons (Fsp3) is 0.111. The largest absolute Gasteiger partial charge is 0.497 e. The zero-order chi connectivity index (χ0) is 18.7. The number of nitrogens with two attached hydrogens (primary N) is 1. The van der Waals surface area contributed by atoms with Crippen molar-refractivity contribution in [3.05, 3.63) is 42.0 Å². The van der Waals surface area contributed by atoms with Crippen molar-refractivity contribution in [1.29, 1.82) is 10.7 Å². The lowest BCUT2D eigenvalue weighted by Gasteiger charge is -2.08. The minimum absolute atomic E-state index is 0.191. The number of nitrogens with zero attached hydrogens (tertiary/aromatic N) is 3. The van der Waals surface area contributed by atoms with Crippen LogP contribution >= 0.6 is 0 Å². The topological polar surface area (TPSA) is 133 Å². The van der Waals surface area contributed by atoms with Gasteiger partial charge in [0.1, 0.15) is 17.3 Å². The Kier molecular flexibility index (Phi) is 4.53. The molecule has 3 rings (SSSR count). The molecule has 0 saturated carbocycles. The average Bonchev–Trinajstić information content (AvgIpc) is 3.05. The van der Waals surface area contributed by atoms with Crippen molar-refractivity contribution in [2.24, 2.45) is 10.8 Å². The Morgan fingerprint density at radius 3 is 2.88 bits per heavy atom. The third-order valence-corrected chi connectivity index (χ3v) is 3.81. The van der Waals surface area contributed by atoms with Crippen molar-refractivity contribution in [2.45, 2.75) is 6.92 Å². The van der Waals surface area contributed by atoms with Crippen LogP contribution < -0.4 is 15.9 Å². The van der Waals surface area contributed by atoms with E-state index in [0.717, 1.165) is 11.1 Å². The minimum atomic E-state index is -0.401. The van der Waals surface area contributed by atoms with Crippen molar-refractivity contribution >= 4 is 28.3 Å². The number of nitriles is 1. The molecule has 0 spiro atoms. The molecule has 130 valence electrons. The smallest absolute Gasteiger partial charge is 0.227 e. The SMILES string of the molecule is COc1ccc2oc(-c3cccc(N/N=C(\C#N)C(=N)N)c3C)nc2c1. The first-order valence-electron chi connectivity index (χ1n) is 7.66. The van der Waals surface area contributed by atoms with Crippen LogP contribution in [0, 0.1) is 23.7 Å². The maximum atomic E-state index is 8.92. The highest BCUT2D eigenvalue weighted by Crippen LogP contribution is 2.31. The first-order chi connectivity index (χ1) is 12.5. The van der Waals surface area contributed by atoms with E-state index in [-0.39, 0.29) is 5.71 Å². The Balaban J connectivity index is 1.99. The molecule has 2 aromatic carbocycles. The number of rotatable bonds is 5. The predicted octanol–water partition coefficient (Wildman–Crippen LogP) is 3.04. The lowest BCUT2D eigenvalue weighted by atomic mass is 10.1. The molecule has 0 bridgehead atoms. The number of methoxy groups -OCH3 is 1. The van der Waals surface area contributed by atoms with Crippen molar-refractivity contribution in [1.82, 2.24) is 4.98 Å². The lowest BCUT2D eigenvalue weighted by molar-refractivity contribution is 0.415. The van der Waals surface area contributed by atoms with Gasteiger partial charge in [-0.15, -0.1) is 0 Å². The van der Waals surface area contributed by atoms with Gasteiger partial charge in [-0.1, -0.05) is 6.07 Å². The van der Waals surface area contributed by atoms with E-state index in [0.29, 0.717) is 28.4 Å². The summed E-state index contributed by atoms with van der Waals surface area (Å²) in [5.41, 5.74) is 11.5. The van der Waals surface area contributed by atoms with Gasteiger partial charge in [-0.3, -0.25) is 10.8 Å². The number of fused-ring (bicyclic) bond motifs is 1. The van der Waals surface area contributed by atoms with Crippen LogP contribution in [0.25, 0.3) is 22.6 Å². The molecule has 0 unspecified atom stereocenters. The van der Waals surface area contributed by atoms with Gasteiger partial charge in [-0.2, -0.15) is 10.4 Å². The third-order valence-electron chi connectivity index (χ3n) is 3.81. The van der Waals surface area contributed by atoms with Gasteiger partial charge in [0.15, 0.2) is 11.4 Å². The maximum Gasteiger partial charge on any atom is 0.227 e. The zero-order valence-corrected chi connectivity index (χ0v) is 14.2. The van der Waals surface area contributed by atoms with Crippen LogP contribution in [-0.2, 0) is 0 Å². The van der Waals surface area contributed by atoms with Crippen molar-refractivity contribution in [3.8, 4) is 23.3 Å². The van der Waals surface area contributed by atoms with Gasteiger partial charge in [-0.05, 0) is 36.8 Å². The molecular formula is C18H16N6O2. The number of anilines is 1. The second-order valence-corrected chi connectivity index (χ2v) is 5.43. The summed E-state index contributed by atoms with van der Waals surface area (Å²) in [7, 11) is 1.60. The number of aromatic nitrogens is 1. The summed E-state index contributed by atoms with van der Waals surface area (Å²) >= 11 is 0. The molecular weight excluding hydrogens is 332 g/mol. The average molecular weight is 348 g/mol. The monoisotopic (exact) mass is 348 g/mol. The molecule has 3 aromatic rings. The minimum Gasteiger partial charge on any atom is -0.497 e. The fourth-order valence-corrected chi connectivity index (χ4v) is 2.40. The summed E-state index contributed by atoms with van der Waals surface area (Å²) in [4.78, 5) is 4.52. The molecule has 0 atom stereocenters. The zero-order valence-electron chi connectivity index (χ0n) is 14.2. The Morgan fingerprint density at radius 2 is 2.19 bits per heavy atom. The summed E-state index contributed by atoms with van der Waals surface area (Å²) in [5.74, 6) is 0.763. The summed E-state index contributed by atoms with van der Waals surface area (Å²) < 4.78 is 11.0. The number of nitrogens with one attached hydrogen (secondary N) is 2. The fourth-order valence-electron chi connectivity index (χ4n) is 2.40. The predicted molar refractivity (Wildman–Crippen MR) is 99.3 cm³/mol. The molecule has 1 aromatic heterocycles. The van der Waals surface area contributed by atoms with Crippen molar-refractivity contribution < 1.29 is 9.15 Å². The number of hydrogen-bond acceptors (Lipinski definition) is 7. The molecule has 0 saturated heterocycles. The standard InChI is InChI=1S/C18H16N6O2/c1-10-12(4-3-5-13(10)23-24-15(9-19)17(20)21)18-22-14-8-11(25-2)6-7-16(14)26-18/h3-8,23H,1-2H3,(H3,20,21)/b24-15+. The van der Waals surface area contributed by atoms with Crippen LogP contribution in [0.5, 0.6) is 5.75 Å². The quantitative estimate of drug-likeness (QED) is 0.369. The van der Waals surface area contributed by atoms with Crippen LogP contribution in [-0.4, -0.2) is 23.6 Å². The van der Waals surface area contributed by atoms with Crippen LogP contribution in [0.1, 0.15) is 5.56 Å². The van der Waals surface area contributed by atoms with Crippen molar-refractivity contribution in [3.63, 3.8) is 0 Å². The highest BCUT2D eigenvalue weighted by atomic mass is 16.5. The molecule has 0 aliphatic carbocycles. The molecule has 0 radical (unpaired) electrons. The summed E-state index contributed by atoms with van der Waals surface area (Å²) in [6.45, 7) is 1.88. The van der Waals surface area contributed by atoms with E-state index in [1.54, 1.807) is 31.4 Å². The van der Waals surface area contributed by atoms with Gasteiger partial charge >= 0.3 is 0 Å². The summed E-state index contributed by atoms with van der Waals surface area (Å²) in [6.07, 6.45) is 0. The molecule has 0 aliphatic rings. The van der Waals surface area contributed by atoms with E-state index >= 15 is 0 Å². The first kappa shape index (κ1) is 17.0. The van der Waals surface area contributed by atoms with Gasteiger partial charge in [0.2, 0.25) is 11.6 Å². The highest BCUT2D eigenvalue weighted by Gasteiger charge is 2.13. The van der Waals surface area contributed by atoms with E-state index in [4.69, 9.17) is 25.6 Å². The van der Waals surface area contributed by atoms with Gasteiger partial charge < -0.3 is 14.9 Å². The number of hydrazone groups is 1. The third kappa shape index (κ3) is 3.18. The van der Waals surface area contributed by atoms with E-state index in [1.165, 1.54) is 0 Å². The lowest BCUT2D eigenvalue weighted by Crippen LogP contribution is -2.21. The molecule has 4 N–H and O–H groups in total. The number of benzene rings is 2. The normalized spacial score (nSPS) is 11.2. The molecule has 26 heavy (non-hydrogen) atoms. The molecule has 0 aliphatic heterocycles. The Hall–Kier alpha value is -3.86. The Morgan fingerprint density at radius 1 is 1.38 bits per heavy atom. The van der Waals surface area contributed by atoms with Crippen molar-refractivity contribution in [2.75, 3.05) is 12.5 Å². The number of amidine groups is 1. The molecule has 0 fully saturated rings. The van der Waals surface area contributed by atoms with Crippen LogP contribution in [0.4, 0.5) is 5.69 Å². The second-order valence-electron chi connectivity index (χ2n) is 5.43. The summed E-state index contributed by atoms with van der Waals surface area (Å²) in [5, 5.41) is 20.1. The maximum absolute atomic E-state index is 8.92. The van der Waals surface area contributed by atoms with Gasteiger partial charge in [0, 0.05) is 11.6 Å². The molecule has 8 heteroatoms. The Bertz CT molecular complexity index is 1060. The van der Waals surface area contributed by atoms with Crippen LogP contribution in [0.15, 0.2) is 45.9 Å². The Labute approximate surface area is 149 Å². The van der Waals surface area contributed by atoms with E-state index < -0.39 is 5.84 Å². The van der Waals surface area contributed by atoms with E-state index in [2.05, 4.69) is 15.5 Å². The van der Waals surface area contributed by atoms with E-state index in [1.807, 2.05) is 25.1 Å². The van der Waals surface area contributed by atoms with Gasteiger partial charge in [0.05, 0.1) is 12.8 Å². The number of hydrogen-bond donors (Lipinski definition) is 3. The first-order valence-corrected chi connectivity index (χ1v) is 7.66. The van der Waals surface area contributed by atoms with Crippen LogP contribution in [0.3, 0.4) is 0 Å². The summed E-state index contributed by atoms with van der Waals surface area (Å²) in [6, 6.07) is 12.7. The van der Waals surface area contributed by atoms with Gasteiger partial charge in [-0.25, -0.2) is 4.98 Å². The van der Waals surface area contributed by atoms with Crippen LogP contribution in [0.2, 0.25) is 0 Å². The molecule has 0 amide bonds. The van der Waals surface area contributed by atoms with Gasteiger partial charge in [0.25, 0.3) is 0 Å². The second kappa shape index (κ2) is 6.94. The molecule has 8 nitrogen and oxygen atoms in total. The number of oxazole rings is 1.